The van der Waals surface area contributed by atoms with Gasteiger partial charge < -0.3 is 20.7 Å². The Bertz CT molecular complexity index is 562. The Kier molecular flexibility index (Phi) is 3.74. The van der Waals surface area contributed by atoms with Gasteiger partial charge in [0.1, 0.15) is 11.5 Å². The molecule has 4 heteroatoms. The van der Waals surface area contributed by atoms with E-state index in [9.17, 15) is 0 Å². The lowest BCUT2D eigenvalue weighted by molar-refractivity contribution is 0.485. The highest BCUT2D eigenvalue weighted by Gasteiger charge is 2.10. The Morgan fingerprint density at radius 1 is 0.950 bits per heavy atom. The first-order valence-corrected chi connectivity index (χ1v) is 6.91. The maximum atomic E-state index is 5.88. The molecule has 0 saturated carbocycles. The number of anilines is 2. The van der Waals surface area contributed by atoms with Crippen molar-refractivity contribution in [2.45, 2.75) is 0 Å². The van der Waals surface area contributed by atoms with Gasteiger partial charge in [0.2, 0.25) is 0 Å². The van der Waals surface area contributed by atoms with E-state index in [-0.39, 0.29) is 0 Å². The highest BCUT2D eigenvalue weighted by atomic mass is 16.5. The molecular formula is C16H19N3O. The summed E-state index contributed by atoms with van der Waals surface area (Å²) in [5, 5.41) is 3.35. The number of nitrogens with one attached hydrogen (secondary N) is 1. The molecule has 0 spiro atoms. The third-order valence-electron chi connectivity index (χ3n) is 3.47. The number of nitrogens with zero attached hydrogens (tertiary/aromatic N) is 1. The minimum absolute atomic E-state index is 0.652. The molecule has 0 bridgehead atoms. The van der Waals surface area contributed by atoms with Crippen molar-refractivity contribution >= 4 is 11.4 Å². The van der Waals surface area contributed by atoms with Crippen LogP contribution in [0, 0.1) is 0 Å². The van der Waals surface area contributed by atoms with E-state index < -0.39 is 0 Å². The Hall–Kier alpha value is -2.20. The molecule has 104 valence electrons. The van der Waals surface area contributed by atoms with Crippen molar-refractivity contribution in [2.75, 3.05) is 36.8 Å². The molecule has 1 saturated heterocycles. The highest BCUT2D eigenvalue weighted by Crippen LogP contribution is 2.28. The summed E-state index contributed by atoms with van der Waals surface area (Å²) in [7, 11) is 0. The van der Waals surface area contributed by atoms with E-state index in [2.05, 4.69) is 22.3 Å². The molecule has 0 aromatic heterocycles. The first-order valence-electron chi connectivity index (χ1n) is 6.91. The van der Waals surface area contributed by atoms with Gasteiger partial charge in [-0.15, -0.1) is 0 Å². The molecule has 3 rings (SSSR count). The van der Waals surface area contributed by atoms with E-state index in [0.29, 0.717) is 11.4 Å². The van der Waals surface area contributed by atoms with Crippen LogP contribution in [0.4, 0.5) is 11.4 Å². The van der Waals surface area contributed by atoms with Gasteiger partial charge in [-0.2, -0.15) is 0 Å². The van der Waals surface area contributed by atoms with Gasteiger partial charge in [0.25, 0.3) is 0 Å². The largest absolute Gasteiger partial charge is 0.455 e. The predicted octanol–water partition coefficient (Wildman–Crippen LogP) is 2.47. The van der Waals surface area contributed by atoms with Crippen molar-refractivity contribution < 1.29 is 4.74 Å². The van der Waals surface area contributed by atoms with Crippen LogP contribution < -0.4 is 20.7 Å². The van der Waals surface area contributed by atoms with Crippen LogP contribution in [0.25, 0.3) is 0 Å². The topological polar surface area (TPSA) is 50.5 Å². The number of rotatable bonds is 3. The van der Waals surface area contributed by atoms with Gasteiger partial charge in [0.05, 0.1) is 5.69 Å². The number of benzene rings is 2. The molecule has 0 radical (unpaired) electrons. The van der Waals surface area contributed by atoms with Crippen molar-refractivity contribution in [3.63, 3.8) is 0 Å². The summed E-state index contributed by atoms with van der Waals surface area (Å²) < 4.78 is 5.80. The van der Waals surface area contributed by atoms with Crippen LogP contribution in [0.15, 0.2) is 48.5 Å². The molecule has 20 heavy (non-hydrogen) atoms. The average molecular weight is 269 g/mol. The summed E-state index contributed by atoms with van der Waals surface area (Å²) in [5.41, 5.74) is 7.76. The Morgan fingerprint density at radius 2 is 1.65 bits per heavy atom. The summed E-state index contributed by atoms with van der Waals surface area (Å²) in [6.45, 7) is 4.18. The van der Waals surface area contributed by atoms with Crippen molar-refractivity contribution in [3.05, 3.63) is 48.5 Å². The number of para-hydroxylation sites is 2. The molecule has 2 aromatic carbocycles. The molecule has 0 amide bonds. The summed E-state index contributed by atoms with van der Waals surface area (Å²) in [4.78, 5) is 2.37. The lowest BCUT2D eigenvalue weighted by Gasteiger charge is -2.29. The molecule has 1 aliphatic rings. The standard InChI is InChI=1S/C16H19N3O/c17-15-3-1-2-4-16(15)20-14-7-5-13(6-8-14)19-11-9-18-10-12-19/h1-8,18H,9-12,17H2. The smallest absolute Gasteiger partial charge is 0.150 e. The quantitative estimate of drug-likeness (QED) is 0.840. The third-order valence-corrected chi connectivity index (χ3v) is 3.47. The molecule has 0 atom stereocenters. The van der Waals surface area contributed by atoms with Crippen LogP contribution in [-0.2, 0) is 0 Å². The monoisotopic (exact) mass is 269 g/mol. The number of hydrogen-bond acceptors (Lipinski definition) is 4. The van der Waals surface area contributed by atoms with Gasteiger partial charge in [0, 0.05) is 31.9 Å². The normalized spacial score (nSPS) is 15.1. The summed E-state index contributed by atoms with van der Waals surface area (Å²) in [6, 6.07) is 15.7. The van der Waals surface area contributed by atoms with Gasteiger partial charge in [-0.05, 0) is 36.4 Å². The van der Waals surface area contributed by atoms with Crippen molar-refractivity contribution in [3.8, 4) is 11.5 Å². The van der Waals surface area contributed by atoms with Crippen LogP contribution in [-0.4, -0.2) is 26.2 Å². The zero-order valence-corrected chi connectivity index (χ0v) is 11.4. The van der Waals surface area contributed by atoms with Gasteiger partial charge >= 0.3 is 0 Å². The second kappa shape index (κ2) is 5.84. The van der Waals surface area contributed by atoms with Crippen LogP contribution in [0.2, 0.25) is 0 Å². The SMILES string of the molecule is Nc1ccccc1Oc1ccc(N2CCNCC2)cc1. The highest BCUT2D eigenvalue weighted by molar-refractivity contribution is 5.55. The molecule has 4 nitrogen and oxygen atoms in total. The number of hydrogen-bond donors (Lipinski definition) is 2. The van der Waals surface area contributed by atoms with Crippen LogP contribution >= 0.6 is 0 Å². The lowest BCUT2D eigenvalue weighted by Crippen LogP contribution is -2.43. The van der Waals surface area contributed by atoms with Gasteiger partial charge in [0.15, 0.2) is 0 Å². The summed E-state index contributed by atoms with van der Waals surface area (Å²) in [6.07, 6.45) is 0. The second-order valence-electron chi connectivity index (χ2n) is 4.87. The predicted molar refractivity (Wildman–Crippen MR) is 82.5 cm³/mol. The van der Waals surface area contributed by atoms with Crippen LogP contribution in [0.5, 0.6) is 11.5 Å². The summed E-state index contributed by atoms with van der Waals surface area (Å²) in [5.74, 6) is 1.50. The molecular weight excluding hydrogens is 250 g/mol. The zero-order valence-electron chi connectivity index (χ0n) is 11.4. The van der Waals surface area contributed by atoms with Crippen LogP contribution in [0.1, 0.15) is 0 Å². The first kappa shape index (κ1) is 12.8. The second-order valence-corrected chi connectivity index (χ2v) is 4.87. The Morgan fingerprint density at radius 3 is 2.35 bits per heavy atom. The molecule has 0 aliphatic carbocycles. The van der Waals surface area contributed by atoms with Crippen LogP contribution in [0.3, 0.4) is 0 Å². The fourth-order valence-electron chi connectivity index (χ4n) is 2.35. The zero-order chi connectivity index (χ0) is 13.8. The van der Waals surface area contributed by atoms with E-state index in [1.807, 2.05) is 36.4 Å². The number of nitrogens with two attached hydrogens (primary N) is 1. The van der Waals surface area contributed by atoms with Crippen molar-refractivity contribution in [1.82, 2.24) is 5.32 Å². The average Bonchev–Trinajstić information content (AvgIpc) is 2.51. The molecule has 1 aliphatic heterocycles. The fourth-order valence-corrected chi connectivity index (χ4v) is 2.35. The minimum Gasteiger partial charge on any atom is -0.455 e. The van der Waals surface area contributed by atoms with E-state index in [4.69, 9.17) is 10.5 Å². The molecule has 3 N–H and O–H groups in total. The molecule has 1 fully saturated rings. The van der Waals surface area contributed by atoms with Crippen molar-refractivity contribution in [2.24, 2.45) is 0 Å². The van der Waals surface area contributed by atoms with Gasteiger partial charge in [-0.3, -0.25) is 0 Å². The lowest BCUT2D eigenvalue weighted by atomic mass is 10.2. The van der Waals surface area contributed by atoms with E-state index in [1.165, 1.54) is 5.69 Å². The number of ether oxygens (including phenoxy) is 1. The van der Waals surface area contributed by atoms with E-state index in [1.54, 1.807) is 0 Å². The molecule has 1 heterocycles. The Balaban J connectivity index is 1.71. The van der Waals surface area contributed by atoms with Crippen molar-refractivity contribution in [1.29, 1.82) is 0 Å². The number of piperazine rings is 1. The fraction of sp³-hybridized carbons (Fsp3) is 0.250. The maximum Gasteiger partial charge on any atom is 0.150 e. The molecule has 2 aromatic rings. The Labute approximate surface area is 119 Å². The molecule has 0 unspecified atom stereocenters. The van der Waals surface area contributed by atoms with E-state index in [0.717, 1.165) is 31.9 Å². The van der Waals surface area contributed by atoms with Gasteiger partial charge in [-0.1, -0.05) is 12.1 Å². The number of nitrogen functional groups attached to an aromatic ring is 1. The first-order chi connectivity index (χ1) is 9.83. The minimum atomic E-state index is 0.652. The van der Waals surface area contributed by atoms with Gasteiger partial charge in [-0.25, -0.2) is 0 Å². The maximum absolute atomic E-state index is 5.88. The summed E-state index contributed by atoms with van der Waals surface area (Å²) >= 11 is 0. The third kappa shape index (κ3) is 2.86. The van der Waals surface area contributed by atoms with E-state index >= 15 is 0 Å².